The summed E-state index contributed by atoms with van der Waals surface area (Å²) in [6.45, 7) is 6.90. The van der Waals surface area contributed by atoms with Gasteiger partial charge in [0.2, 0.25) is 5.91 Å². The van der Waals surface area contributed by atoms with Crippen LogP contribution in [0.25, 0.3) is 0 Å². The fraction of sp³-hybridized carbons (Fsp3) is 0.286. The van der Waals surface area contributed by atoms with Crippen LogP contribution in [0.3, 0.4) is 0 Å². The quantitative estimate of drug-likeness (QED) is 0.606. The number of hydrogen-bond acceptors (Lipinski definition) is 6. The van der Waals surface area contributed by atoms with Crippen LogP contribution in [-0.2, 0) is 17.9 Å². The zero-order valence-electron chi connectivity index (χ0n) is 16.6. The molecule has 3 aromatic rings. The first-order valence-corrected chi connectivity index (χ1v) is 10.1. The molecule has 0 radical (unpaired) electrons. The van der Waals surface area contributed by atoms with Gasteiger partial charge in [-0.3, -0.25) is 4.79 Å². The molecule has 2 aromatic heterocycles. The van der Waals surface area contributed by atoms with Gasteiger partial charge in [0.1, 0.15) is 23.7 Å². The maximum Gasteiger partial charge on any atom is 0.230 e. The van der Waals surface area contributed by atoms with Crippen LogP contribution in [-0.4, -0.2) is 31.4 Å². The lowest BCUT2D eigenvalue weighted by atomic mass is 10.1. The standard InChI is InChI=1S/C21H22N6OS/c1-14-15(2)19(8-22)21(26-16(14)3)29-11-20(28)24-9-17-4-6-18(7-5-17)10-27-13-23-12-25-27/h4-7,12-13H,9-11H2,1-3H3,(H,24,28). The van der Waals surface area contributed by atoms with E-state index in [1.54, 1.807) is 11.0 Å². The second-order valence-electron chi connectivity index (χ2n) is 6.71. The van der Waals surface area contributed by atoms with Crippen LogP contribution in [0.15, 0.2) is 41.9 Å². The van der Waals surface area contributed by atoms with Crippen LogP contribution >= 0.6 is 11.8 Å². The summed E-state index contributed by atoms with van der Waals surface area (Å²) in [5, 5.41) is 17.0. The highest BCUT2D eigenvalue weighted by molar-refractivity contribution is 8.00. The number of aromatic nitrogens is 4. The Morgan fingerprint density at radius 2 is 1.90 bits per heavy atom. The van der Waals surface area contributed by atoms with Crippen LogP contribution in [0.2, 0.25) is 0 Å². The van der Waals surface area contributed by atoms with Gasteiger partial charge in [0, 0.05) is 12.2 Å². The van der Waals surface area contributed by atoms with Gasteiger partial charge in [-0.05, 0) is 43.0 Å². The van der Waals surface area contributed by atoms with E-state index in [1.165, 1.54) is 18.1 Å². The molecule has 2 heterocycles. The third-order valence-corrected chi connectivity index (χ3v) is 5.71. The molecular formula is C21H22N6OS. The predicted molar refractivity (Wildman–Crippen MR) is 111 cm³/mol. The van der Waals surface area contributed by atoms with Gasteiger partial charge >= 0.3 is 0 Å². The molecule has 0 atom stereocenters. The number of carbonyl (C=O) groups is 1. The predicted octanol–water partition coefficient (Wildman–Crippen LogP) is 2.93. The molecule has 0 fully saturated rings. The Morgan fingerprint density at radius 1 is 1.17 bits per heavy atom. The third kappa shape index (κ3) is 5.21. The molecule has 1 amide bonds. The molecule has 8 heteroatoms. The molecule has 0 spiro atoms. The van der Waals surface area contributed by atoms with Crippen LogP contribution in [0.5, 0.6) is 0 Å². The topological polar surface area (TPSA) is 96.5 Å². The van der Waals surface area contributed by atoms with E-state index in [2.05, 4.69) is 26.5 Å². The second kappa shape index (κ2) is 9.34. The Morgan fingerprint density at radius 3 is 2.55 bits per heavy atom. The fourth-order valence-electron chi connectivity index (χ4n) is 2.80. The molecule has 1 N–H and O–H groups in total. The summed E-state index contributed by atoms with van der Waals surface area (Å²) >= 11 is 1.30. The van der Waals surface area contributed by atoms with Gasteiger partial charge in [-0.25, -0.2) is 14.6 Å². The first kappa shape index (κ1) is 20.6. The average Bonchev–Trinajstić information content (AvgIpc) is 3.23. The summed E-state index contributed by atoms with van der Waals surface area (Å²) in [4.78, 5) is 20.7. The summed E-state index contributed by atoms with van der Waals surface area (Å²) in [6.07, 6.45) is 3.19. The van der Waals surface area contributed by atoms with Crippen molar-refractivity contribution in [2.75, 3.05) is 5.75 Å². The molecule has 29 heavy (non-hydrogen) atoms. The van der Waals surface area contributed by atoms with Crippen molar-refractivity contribution in [3.63, 3.8) is 0 Å². The number of nitriles is 1. The molecule has 148 valence electrons. The number of rotatable bonds is 7. The molecule has 7 nitrogen and oxygen atoms in total. The highest BCUT2D eigenvalue weighted by Gasteiger charge is 2.14. The minimum absolute atomic E-state index is 0.0942. The third-order valence-electron chi connectivity index (χ3n) is 4.74. The van der Waals surface area contributed by atoms with Crippen molar-refractivity contribution in [1.29, 1.82) is 5.26 Å². The molecule has 0 bridgehead atoms. The zero-order valence-corrected chi connectivity index (χ0v) is 17.5. The van der Waals surface area contributed by atoms with Crippen LogP contribution < -0.4 is 5.32 Å². The van der Waals surface area contributed by atoms with Gasteiger partial charge < -0.3 is 5.32 Å². The monoisotopic (exact) mass is 406 g/mol. The van der Waals surface area contributed by atoms with E-state index >= 15 is 0 Å². The molecule has 0 aliphatic heterocycles. The number of nitrogens with zero attached hydrogens (tertiary/aromatic N) is 5. The Bertz CT molecular complexity index is 1040. The SMILES string of the molecule is Cc1nc(SCC(=O)NCc2ccc(Cn3cncn3)cc2)c(C#N)c(C)c1C. The molecule has 1 aromatic carbocycles. The number of aryl methyl sites for hydroxylation is 1. The smallest absolute Gasteiger partial charge is 0.230 e. The summed E-state index contributed by atoms with van der Waals surface area (Å²) < 4.78 is 1.76. The first-order chi connectivity index (χ1) is 14.0. The van der Waals surface area contributed by atoms with Crippen molar-refractivity contribution < 1.29 is 4.79 Å². The van der Waals surface area contributed by atoms with Gasteiger partial charge in [-0.15, -0.1) is 0 Å². The Hall–Kier alpha value is -3.18. The first-order valence-electron chi connectivity index (χ1n) is 9.15. The number of pyridine rings is 1. The number of amides is 1. The second-order valence-corrected chi connectivity index (χ2v) is 7.68. The van der Waals surface area contributed by atoms with Crippen molar-refractivity contribution in [3.05, 3.63) is 70.4 Å². The molecule has 0 unspecified atom stereocenters. The van der Waals surface area contributed by atoms with E-state index in [4.69, 9.17) is 0 Å². The van der Waals surface area contributed by atoms with E-state index < -0.39 is 0 Å². The lowest BCUT2D eigenvalue weighted by Gasteiger charge is -2.11. The fourth-order valence-corrected chi connectivity index (χ4v) is 3.71. The van der Waals surface area contributed by atoms with E-state index in [0.29, 0.717) is 23.7 Å². The van der Waals surface area contributed by atoms with Gasteiger partial charge in [0.15, 0.2) is 0 Å². The number of thioether (sulfide) groups is 1. The van der Waals surface area contributed by atoms with Gasteiger partial charge in [-0.1, -0.05) is 36.0 Å². The lowest BCUT2D eigenvalue weighted by molar-refractivity contribution is -0.118. The average molecular weight is 407 g/mol. The van der Waals surface area contributed by atoms with Crippen LogP contribution in [0.1, 0.15) is 33.5 Å². The zero-order chi connectivity index (χ0) is 20.8. The molecule has 0 aliphatic carbocycles. The molecule has 0 saturated heterocycles. The maximum atomic E-state index is 12.2. The molecule has 3 rings (SSSR count). The van der Waals surface area contributed by atoms with Gasteiger partial charge in [-0.2, -0.15) is 10.4 Å². The largest absolute Gasteiger partial charge is 0.351 e. The normalized spacial score (nSPS) is 10.6. The van der Waals surface area contributed by atoms with Gasteiger partial charge in [0.25, 0.3) is 0 Å². The lowest BCUT2D eigenvalue weighted by Crippen LogP contribution is -2.24. The van der Waals surface area contributed by atoms with Crippen molar-refractivity contribution in [2.45, 2.75) is 38.9 Å². The van der Waals surface area contributed by atoms with E-state index in [0.717, 1.165) is 27.9 Å². The molecular weight excluding hydrogens is 384 g/mol. The summed E-state index contributed by atoms with van der Waals surface area (Å²) in [5.74, 6) is 0.122. The number of carbonyl (C=O) groups excluding carboxylic acids is 1. The van der Waals surface area contributed by atoms with Crippen LogP contribution in [0, 0.1) is 32.1 Å². The number of nitrogens with one attached hydrogen (secondary N) is 1. The number of hydrogen-bond donors (Lipinski definition) is 1. The Labute approximate surface area is 174 Å². The summed E-state index contributed by atoms with van der Waals surface area (Å²) in [5.41, 5.74) is 5.51. The van der Waals surface area contributed by atoms with E-state index in [9.17, 15) is 10.1 Å². The Balaban J connectivity index is 1.52. The van der Waals surface area contributed by atoms with Crippen molar-refractivity contribution in [2.24, 2.45) is 0 Å². The minimum Gasteiger partial charge on any atom is -0.351 e. The Kier molecular flexibility index (Phi) is 6.62. The van der Waals surface area contributed by atoms with Crippen molar-refractivity contribution in [3.8, 4) is 6.07 Å². The number of benzene rings is 1. The van der Waals surface area contributed by atoms with E-state index in [1.807, 2.05) is 45.0 Å². The summed E-state index contributed by atoms with van der Waals surface area (Å²) in [6, 6.07) is 10.2. The summed E-state index contributed by atoms with van der Waals surface area (Å²) in [7, 11) is 0. The van der Waals surface area contributed by atoms with E-state index in [-0.39, 0.29) is 11.7 Å². The highest BCUT2D eigenvalue weighted by Crippen LogP contribution is 2.26. The minimum atomic E-state index is -0.0942. The van der Waals surface area contributed by atoms with Gasteiger partial charge in [0.05, 0.1) is 17.9 Å². The van der Waals surface area contributed by atoms with Crippen molar-refractivity contribution in [1.82, 2.24) is 25.1 Å². The maximum absolute atomic E-state index is 12.2. The van der Waals surface area contributed by atoms with Crippen LogP contribution in [0.4, 0.5) is 0 Å². The van der Waals surface area contributed by atoms with Crippen molar-refractivity contribution >= 4 is 17.7 Å². The highest BCUT2D eigenvalue weighted by atomic mass is 32.2. The molecule has 0 saturated carbocycles. The molecule has 0 aliphatic rings.